The molecule has 0 spiro atoms. The largest absolute Gasteiger partial charge is 0.487 e. The van der Waals surface area contributed by atoms with E-state index >= 15 is 0 Å². The number of hydrogen-bond donors (Lipinski definition) is 0. The summed E-state index contributed by atoms with van der Waals surface area (Å²) in [5.74, 6) is 1.25. The van der Waals surface area contributed by atoms with Gasteiger partial charge in [-0.3, -0.25) is 0 Å². The predicted molar refractivity (Wildman–Crippen MR) is 65.9 cm³/mol. The van der Waals surface area contributed by atoms with E-state index in [0.717, 1.165) is 5.75 Å². The maximum Gasteiger partial charge on any atom is 0.138 e. The minimum absolute atomic E-state index is 0.205. The van der Waals surface area contributed by atoms with Gasteiger partial charge in [-0.15, -0.1) is 0 Å². The van der Waals surface area contributed by atoms with Crippen molar-refractivity contribution in [1.82, 2.24) is 0 Å². The first-order valence-electron chi connectivity index (χ1n) is 5.28. The van der Waals surface area contributed by atoms with Gasteiger partial charge in [-0.25, -0.2) is 0 Å². The lowest BCUT2D eigenvalue weighted by atomic mass is 10.0. The molecule has 0 aromatic heterocycles. The Morgan fingerprint density at radius 1 is 1.20 bits per heavy atom. The van der Waals surface area contributed by atoms with Crippen molar-refractivity contribution >= 4 is 11.6 Å². The van der Waals surface area contributed by atoms with Gasteiger partial charge < -0.3 is 4.74 Å². The summed E-state index contributed by atoms with van der Waals surface area (Å²) >= 11 is 6.15. The monoisotopic (exact) mass is 226 g/mol. The maximum absolute atomic E-state index is 6.15. The molecule has 1 nitrogen and oxygen atoms in total. The van der Waals surface area contributed by atoms with Gasteiger partial charge in [0.25, 0.3) is 0 Å². The van der Waals surface area contributed by atoms with Crippen LogP contribution in [-0.4, -0.2) is 5.60 Å². The van der Waals surface area contributed by atoms with Gasteiger partial charge in [0.05, 0.1) is 5.02 Å². The van der Waals surface area contributed by atoms with E-state index in [4.69, 9.17) is 16.3 Å². The molecule has 1 aromatic carbocycles. The zero-order valence-corrected chi connectivity index (χ0v) is 10.9. The molecule has 0 radical (unpaired) electrons. The van der Waals surface area contributed by atoms with Gasteiger partial charge in [-0.2, -0.15) is 0 Å². The smallest absolute Gasteiger partial charge is 0.138 e. The van der Waals surface area contributed by atoms with E-state index in [9.17, 15) is 0 Å². The van der Waals surface area contributed by atoms with E-state index in [1.165, 1.54) is 5.56 Å². The molecule has 0 atom stereocenters. The van der Waals surface area contributed by atoms with Crippen LogP contribution in [0.1, 0.15) is 46.1 Å². The van der Waals surface area contributed by atoms with Crippen molar-refractivity contribution in [2.75, 3.05) is 0 Å². The highest BCUT2D eigenvalue weighted by atomic mass is 35.5. The van der Waals surface area contributed by atoms with Crippen molar-refractivity contribution in [2.45, 2.75) is 46.1 Å². The molecule has 0 aliphatic rings. The molecule has 15 heavy (non-hydrogen) atoms. The third-order valence-corrected chi connectivity index (χ3v) is 2.33. The van der Waals surface area contributed by atoms with Crippen LogP contribution in [0.4, 0.5) is 0 Å². The quantitative estimate of drug-likeness (QED) is 0.714. The average molecular weight is 227 g/mol. The lowest BCUT2D eigenvalue weighted by Crippen LogP contribution is -2.23. The first kappa shape index (κ1) is 12.4. The first-order valence-corrected chi connectivity index (χ1v) is 5.66. The van der Waals surface area contributed by atoms with Crippen LogP contribution in [0.3, 0.4) is 0 Å². The van der Waals surface area contributed by atoms with Gasteiger partial charge >= 0.3 is 0 Å². The van der Waals surface area contributed by atoms with Crippen LogP contribution in [0.25, 0.3) is 0 Å². The van der Waals surface area contributed by atoms with Gasteiger partial charge in [0.2, 0.25) is 0 Å². The maximum atomic E-state index is 6.15. The molecular formula is C13H19ClO. The summed E-state index contributed by atoms with van der Waals surface area (Å²) in [6, 6.07) is 5.99. The second-order valence-electron chi connectivity index (χ2n) is 5.06. The van der Waals surface area contributed by atoms with Crippen LogP contribution >= 0.6 is 11.6 Å². The minimum Gasteiger partial charge on any atom is -0.487 e. The van der Waals surface area contributed by atoms with Crippen molar-refractivity contribution in [1.29, 1.82) is 0 Å². The highest BCUT2D eigenvalue weighted by Crippen LogP contribution is 2.30. The number of halogens is 1. The van der Waals surface area contributed by atoms with Crippen LogP contribution in [-0.2, 0) is 0 Å². The van der Waals surface area contributed by atoms with Gasteiger partial charge in [0, 0.05) is 0 Å². The lowest BCUT2D eigenvalue weighted by Gasteiger charge is -2.22. The van der Waals surface area contributed by atoms with Crippen molar-refractivity contribution in [2.24, 2.45) is 0 Å². The van der Waals surface area contributed by atoms with Crippen LogP contribution < -0.4 is 4.74 Å². The number of benzene rings is 1. The molecule has 0 N–H and O–H groups in total. The first-order chi connectivity index (χ1) is 6.79. The topological polar surface area (TPSA) is 9.23 Å². The Morgan fingerprint density at radius 3 is 2.20 bits per heavy atom. The van der Waals surface area contributed by atoms with Gasteiger partial charge in [0.15, 0.2) is 0 Å². The van der Waals surface area contributed by atoms with Crippen molar-refractivity contribution in [3.8, 4) is 5.75 Å². The number of rotatable bonds is 2. The highest BCUT2D eigenvalue weighted by Gasteiger charge is 2.14. The highest BCUT2D eigenvalue weighted by molar-refractivity contribution is 6.32. The van der Waals surface area contributed by atoms with Crippen molar-refractivity contribution in [3.05, 3.63) is 28.8 Å². The van der Waals surface area contributed by atoms with Gasteiger partial charge in [0.1, 0.15) is 11.4 Å². The molecule has 1 rings (SSSR count). The summed E-state index contributed by atoms with van der Waals surface area (Å²) in [4.78, 5) is 0. The molecule has 0 fully saturated rings. The Bertz CT molecular complexity index is 337. The van der Waals surface area contributed by atoms with Crippen LogP contribution in [0.5, 0.6) is 5.75 Å². The fraction of sp³-hybridized carbons (Fsp3) is 0.538. The van der Waals surface area contributed by atoms with E-state index in [1.54, 1.807) is 0 Å². The summed E-state index contributed by atoms with van der Waals surface area (Å²) < 4.78 is 5.74. The van der Waals surface area contributed by atoms with E-state index in [0.29, 0.717) is 10.9 Å². The van der Waals surface area contributed by atoms with E-state index in [2.05, 4.69) is 19.9 Å². The number of hydrogen-bond acceptors (Lipinski definition) is 1. The van der Waals surface area contributed by atoms with Gasteiger partial charge in [-0.1, -0.05) is 31.5 Å². The van der Waals surface area contributed by atoms with E-state index in [-0.39, 0.29) is 5.60 Å². The summed E-state index contributed by atoms with van der Waals surface area (Å²) in [5.41, 5.74) is 1.03. The fourth-order valence-electron chi connectivity index (χ4n) is 1.29. The molecular weight excluding hydrogens is 208 g/mol. The second kappa shape index (κ2) is 4.44. The molecule has 1 aromatic rings. The molecule has 0 unspecified atom stereocenters. The Hall–Kier alpha value is -0.690. The Balaban J connectivity index is 2.94. The minimum atomic E-state index is -0.205. The SMILES string of the molecule is CC(C)c1ccc(OC(C)(C)C)c(Cl)c1. The molecule has 0 saturated heterocycles. The molecule has 0 amide bonds. The molecule has 0 bridgehead atoms. The summed E-state index contributed by atoms with van der Waals surface area (Å²) in [6.07, 6.45) is 0. The third kappa shape index (κ3) is 3.75. The average Bonchev–Trinajstić information content (AvgIpc) is 2.05. The van der Waals surface area contributed by atoms with Crippen LogP contribution in [0.2, 0.25) is 5.02 Å². The Kier molecular flexibility index (Phi) is 3.67. The molecule has 0 aliphatic carbocycles. The molecule has 0 aliphatic heterocycles. The third-order valence-electron chi connectivity index (χ3n) is 2.04. The lowest BCUT2D eigenvalue weighted by molar-refractivity contribution is 0.131. The number of ether oxygens (including phenoxy) is 1. The summed E-state index contributed by atoms with van der Waals surface area (Å²) in [5, 5.41) is 0.691. The molecule has 0 heterocycles. The predicted octanol–water partition coefficient (Wildman–Crippen LogP) is 4.64. The Labute approximate surface area is 97.4 Å². The summed E-state index contributed by atoms with van der Waals surface area (Å²) in [7, 11) is 0. The molecule has 84 valence electrons. The molecule has 0 saturated carbocycles. The van der Waals surface area contributed by atoms with E-state index < -0.39 is 0 Å². The summed E-state index contributed by atoms with van der Waals surface area (Å²) in [6.45, 7) is 10.3. The zero-order valence-electron chi connectivity index (χ0n) is 10.1. The van der Waals surface area contributed by atoms with Crippen molar-refractivity contribution in [3.63, 3.8) is 0 Å². The van der Waals surface area contributed by atoms with E-state index in [1.807, 2.05) is 32.9 Å². The van der Waals surface area contributed by atoms with Crippen LogP contribution in [0.15, 0.2) is 18.2 Å². The second-order valence-corrected chi connectivity index (χ2v) is 5.47. The van der Waals surface area contributed by atoms with Crippen molar-refractivity contribution < 1.29 is 4.74 Å². The molecule has 2 heteroatoms. The Morgan fingerprint density at radius 2 is 1.80 bits per heavy atom. The standard InChI is InChI=1S/C13H19ClO/c1-9(2)10-6-7-12(11(14)8-10)15-13(3,4)5/h6-9H,1-5H3. The normalized spacial score (nSPS) is 11.9. The zero-order chi connectivity index (χ0) is 11.6. The van der Waals surface area contributed by atoms with Gasteiger partial charge in [-0.05, 0) is 44.4 Å². The van der Waals surface area contributed by atoms with Crippen LogP contribution in [0, 0.1) is 0 Å². The fourth-order valence-corrected chi connectivity index (χ4v) is 1.52.